The normalized spacial score (nSPS) is 13.2. The Hall–Kier alpha value is -1.82. The molecule has 0 amide bonds. The van der Waals surface area contributed by atoms with Crippen LogP contribution in [0.25, 0.3) is 0 Å². The Morgan fingerprint density at radius 1 is 1.37 bits per heavy atom. The number of pyridine rings is 1. The average Bonchev–Trinajstić information content (AvgIpc) is 2.89. The van der Waals surface area contributed by atoms with Crippen molar-refractivity contribution in [3.8, 4) is 0 Å². The van der Waals surface area contributed by atoms with Crippen molar-refractivity contribution in [2.24, 2.45) is 0 Å². The van der Waals surface area contributed by atoms with Crippen molar-refractivity contribution in [2.45, 2.75) is 24.4 Å². The number of hydrogen-bond acceptors (Lipinski definition) is 5. The lowest BCUT2D eigenvalue weighted by atomic mass is 10.1. The molecule has 1 N–H and O–H groups in total. The monoisotopic (exact) mass is 280 g/mol. The van der Waals surface area contributed by atoms with Crippen molar-refractivity contribution in [2.75, 3.05) is 11.6 Å². The van der Waals surface area contributed by atoms with E-state index < -0.39 is 9.84 Å². The highest BCUT2D eigenvalue weighted by Crippen LogP contribution is 2.22. The fourth-order valence-corrected chi connectivity index (χ4v) is 2.31. The molecule has 1 unspecified atom stereocenters. The number of nitrogens with zero attached hydrogens (tertiary/aromatic N) is 1. The molecule has 1 atom stereocenters. The van der Waals surface area contributed by atoms with E-state index in [1.54, 1.807) is 12.3 Å². The van der Waals surface area contributed by atoms with Crippen molar-refractivity contribution < 1.29 is 12.8 Å². The molecule has 0 aliphatic carbocycles. The maximum absolute atomic E-state index is 11.3. The van der Waals surface area contributed by atoms with Gasteiger partial charge in [-0.15, -0.1) is 0 Å². The van der Waals surface area contributed by atoms with Crippen LogP contribution in [-0.4, -0.2) is 19.7 Å². The van der Waals surface area contributed by atoms with Crippen LogP contribution in [-0.2, 0) is 9.84 Å². The molecule has 5 nitrogen and oxygen atoms in total. The summed E-state index contributed by atoms with van der Waals surface area (Å²) in [6.07, 6.45) is 5.13. The zero-order valence-electron chi connectivity index (χ0n) is 10.8. The lowest BCUT2D eigenvalue weighted by Gasteiger charge is -2.15. The van der Waals surface area contributed by atoms with E-state index in [2.05, 4.69) is 10.3 Å². The average molecular weight is 280 g/mol. The third-order valence-corrected chi connectivity index (χ3v) is 3.75. The Morgan fingerprint density at radius 3 is 2.63 bits per heavy atom. The second-order valence-corrected chi connectivity index (χ2v) is 6.24. The van der Waals surface area contributed by atoms with Crippen LogP contribution in [0.1, 0.15) is 25.1 Å². The van der Waals surface area contributed by atoms with E-state index in [-0.39, 0.29) is 11.1 Å². The van der Waals surface area contributed by atoms with E-state index >= 15 is 0 Å². The van der Waals surface area contributed by atoms with Gasteiger partial charge >= 0.3 is 0 Å². The SMILES string of the molecule is CCC(Nc1ccc(S(C)(=O)=O)nc1)c1ccco1. The Bertz CT molecular complexity index is 618. The molecule has 2 rings (SSSR count). The molecular weight excluding hydrogens is 264 g/mol. The standard InChI is InChI=1S/C13H16N2O3S/c1-3-11(12-5-4-8-18-12)15-10-6-7-13(14-9-10)19(2,16)17/h4-9,11,15H,3H2,1-2H3. The van der Waals surface area contributed by atoms with Crippen LogP contribution in [0, 0.1) is 0 Å². The van der Waals surface area contributed by atoms with Gasteiger partial charge in [-0.05, 0) is 30.7 Å². The lowest BCUT2D eigenvalue weighted by Crippen LogP contribution is -2.09. The molecular formula is C13H16N2O3S. The van der Waals surface area contributed by atoms with Crippen LogP contribution in [0.4, 0.5) is 5.69 Å². The molecule has 0 saturated heterocycles. The number of aromatic nitrogens is 1. The van der Waals surface area contributed by atoms with Gasteiger partial charge in [0.15, 0.2) is 14.9 Å². The van der Waals surface area contributed by atoms with Crippen LogP contribution < -0.4 is 5.32 Å². The van der Waals surface area contributed by atoms with E-state index in [1.165, 1.54) is 12.3 Å². The quantitative estimate of drug-likeness (QED) is 0.911. The van der Waals surface area contributed by atoms with Gasteiger partial charge in [-0.25, -0.2) is 13.4 Å². The van der Waals surface area contributed by atoms with Gasteiger partial charge < -0.3 is 9.73 Å². The molecule has 0 fully saturated rings. The van der Waals surface area contributed by atoms with Gasteiger partial charge in [-0.1, -0.05) is 6.92 Å². The fourth-order valence-electron chi connectivity index (χ4n) is 1.75. The van der Waals surface area contributed by atoms with E-state index in [0.29, 0.717) is 0 Å². The minimum absolute atomic E-state index is 0.0425. The van der Waals surface area contributed by atoms with Crippen LogP contribution in [0.15, 0.2) is 46.2 Å². The molecule has 0 radical (unpaired) electrons. The van der Waals surface area contributed by atoms with Crippen LogP contribution >= 0.6 is 0 Å². The van der Waals surface area contributed by atoms with E-state index in [9.17, 15) is 8.42 Å². The first-order valence-corrected chi connectivity index (χ1v) is 7.86. The number of anilines is 1. The molecule has 2 aromatic heterocycles. The summed E-state index contributed by atoms with van der Waals surface area (Å²) in [5.41, 5.74) is 0.760. The van der Waals surface area contributed by atoms with Gasteiger partial charge in [-0.3, -0.25) is 0 Å². The minimum Gasteiger partial charge on any atom is -0.467 e. The summed E-state index contributed by atoms with van der Waals surface area (Å²) in [6.45, 7) is 2.04. The van der Waals surface area contributed by atoms with Crippen molar-refractivity contribution >= 4 is 15.5 Å². The van der Waals surface area contributed by atoms with Crippen LogP contribution in [0.2, 0.25) is 0 Å². The predicted molar refractivity (Wildman–Crippen MR) is 72.7 cm³/mol. The zero-order chi connectivity index (χ0) is 13.9. The molecule has 102 valence electrons. The summed E-state index contributed by atoms with van der Waals surface area (Å²) in [5, 5.41) is 3.33. The summed E-state index contributed by atoms with van der Waals surface area (Å²) in [6, 6.07) is 6.98. The van der Waals surface area contributed by atoms with Crippen molar-refractivity contribution in [1.29, 1.82) is 0 Å². The largest absolute Gasteiger partial charge is 0.467 e. The Balaban J connectivity index is 2.15. The lowest BCUT2D eigenvalue weighted by molar-refractivity contribution is 0.474. The van der Waals surface area contributed by atoms with E-state index in [4.69, 9.17) is 4.42 Å². The first-order chi connectivity index (χ1) is 9.00. The van der Waals surface area contributed by atoms with E-state index in [0.717, 1.165) is 24.1 Å². The highest BCUT2D eigenvalue weighted by atomic mass is 32.2. The number of hydrogen-bond donors (Lipinski definition) is 1. The number of nitrogens with one attached hydrogen (secondary N) is 1. The number of rotatable bonds is 5. The Labute approximate surface area is 112 Å². The summed E-state index contributed by atoms with van der Waals surface area (Å²) >= 11 is 0. The molecule has 2 heterocycles. The van der Waals surface area contributed by atoms with Gasteiger partial charge in [0.25, 0.3) is 0 Å². The molecule has 0 aliphatic rings. The molecule has 0 bridgehead atoms. The molecule has 0 saturated carbocycles. The van der Waals surface area contributed by atoms with Gasteiger partial charge in [0.05, 0.1) is 24.2 Å². The maximum atomic E-state index is 11.3. The van der Waals surface area contributed by atoms with Gasteiger partial charge in [0.2, 0.25) is 0 Å². The second-order valence-electron chi connectivity index (χ2n) is 4.28. The van der Waals surface area contributed by atoms with Crippen molar-refractivity contribution in [3.63, 3.8) is 0 Å². The zero-order valence-corrected chi connectivity index (χ0v) is 11.6. The summed E-state index contributed by atoms with van der Waals surface area (Å²) in [7, 11) is -3.25. The third-order valence-electron chi connectivity index (χ3n) is 2.75. The van der Waals surface area contributed by atoms with Crippen molar-refractivity contribution in [3.05, 3.63) is 42.5 Å². The summed E-state index contributed by atoms with van der Waals surface area (Å²) < 4.78 is 28.0. The fraction of sp³-hybridized carbons (Fsp3) is 0.308. The minimum atomic E-state index is -3.25. The first kappa shape index (κ1) is 13.6. The maximum Gasteiger partial charge on any atom is 0.192 e. The van der Waals surface area contributed by atoms with Crippen LogP contribution in [0.3, 0.4) is 0 Å². The predicted octanol–water partition coefficient (Wildman–Crippen LogP) is 2.64. The molecule has 6 heteroatoms. The first-order valence-electron chi connectivity index (χ1n) is 5.96. The summed E-state index contributed by atoms with van der Waals surface area (Å²) in [5.74, 6) is 0.842. The molecule has 0 aromatic carbocycles. The smallest absolute Gasteiger partial charge is 0.192 e. The Kier molecular flexibility index (Phi) is 3.90. The second kappa shape index (κ2) is 5.44. The summed E-state index contributed by atoms with van der Waals surface area (Å²) in [4.78, 5) is 3.94. The number of furan rings is 1. The van der Waals surface area contributed by atoms with Crippen molar-refractivity contribution in [1.82, 2.24) is 4.98 Å². The molecule has 0 aliphatic heterocycles. The molecule has 2 aromatic rings. The van der Waals surface area contributed by atoms with E-state index in [1.807, 2.05) is 19.1 Å². The van der Waals surface area contributed by atoms with Crippen LogP contribution in [0.5, 0.6) is 0 Å². The highest BCUT2D eigenvalue weighted by molar-refractivity contribution is 7.90. The topological polar surface area (TPSA) is 72.2 Å². The molecule has 0 spiro atoms. The Morgan fingerprint density at radius 2 is 2.16 bits per heavy atom. The third kappa shape index (κ3) is 3.35. The van der Waals surface area contributed by atoms with Gasteiger partial charge in [0.1, 0.15) is 5.76 Å². The highest BCUT2D eigenvalue weighted by Gasteiger charge is 2.13. The number of sulfone groups is 1. The van der Waals surface area contributed by atoms with Gasteiger partial charge in [-0.2, -0.15) is 0 Å². The van der Waals surface area contributed by atoms with Gasteiger partial charge in [0, 0.05) is 6.26 Å². The molecule has 19 heavy (non-hydrogen) atoms.